The number of nitrogens with zero attached hydrogens (tertiary/aromatic N) is 1. The molecule has 5 atom stereocenters. The number of rotatable bonds is 3. The average Bonchev–Trinajstić information content (AvgIpc) is 3.18. The number of nitrogens with one attached hydrogen (secondary N) is 1. The van der Waals surface area contributed by atoms with Crippen molar-refractivity contribution >= 4 is 17.8 Å². The summed E-state index contributed by atoms with van der Waals surface area (Å²) in [7, 11) is 0. The van der Waals surface area contributed by atoms with Crippen LogP contribution >= 0.6 is 0 Å². The Morgan fingerprint density at radius 3 is 2.33 bits per heavy atom. The van der Waals surface area contributed by atoms with E-state index >= 15 is 0 Å². The highest BCUT2D eigenvalue weighted by Crippen LogP contribution is 2.53. The van der Waals surface area contributed by atoms with Crippen molar-refractivity contribution in [2.75, 3.05) is 6.54 Å². The molecule has 0 unspecified atom stereocenters. The molecule has 0 aromatic carbocycles. The van der Waals surface area contributed by atoms with Crippen LogP contribution in [0.1, 0.15) is 32.1 Å². The highest BCUT2D eigenvalue weighted by molar-refractivity contribution is 5.91. The minimum absolute atomic E-state index is 0.0918. The molecule has 7 heteroatoms. The van der Waals surface area contributed by atoms with Crippen molar-refractivity contribution < 1.29 is 24.7 Å². The Kier molecular flexibility index (Phi) is 3.61. The number of carboxylic acid groups (broad SMARTS) is 1. The molecule has 116 valence electrons. The number of hydrogen-bond donors (Lipinski definition) is 3. The van der Waals surface area contributed by atoms with E-state index in [0.717, 1.165) is 19.3 Å². The van der Waals surface area contributed by atoms with Gasteiger partial charge in [0.05, 0.1) is 11.8 Å². The highest BCUT2D eigenvalue weighted by Gasteiger charge is 2.55. The number of likely N-dealkylation sites (tertiary alicyclic amines) is 1. The van der Waals surface area contributed by atoms with Crippen molar-refractivity contribution in [3.63, 3.8) is 0 Å². The first-order valence-corrected chi connectivity index (χ1v) is 7.51. The Balaban J connectivity index is 1.81. The smallest absolute Gasteiger partial charge is 0.307 e. The van der Waals surface area contributed by atoms with Gasteiger partial charge in [-0.3, -0.25) is 19.6 Å². The molecule has 3 rings (SSSR count). The predicted molar refractivity (Wildman–Crippen MR) is 70.1 cm³/mol. The third kappa shape index (κ3) is 2.19. The molecule has 0 aromatic rings. The van der Waals surface area contributed by atoms with Gasteiger partial charge < -0.3 is 10.0 Å². The average molecular weight is 296 g/mol. The second-order valence-corrected chi connectivity index (χ2v) is 6.39. The maximum atomic E-state index is 12.8. The summed E-state index contributed by atoms with van der Waals surface area (Å²) < 4.78 is 0. The monoisotopic (exact) mass is 296 g/mol. The molecule has 1 aliphatic heterocycles. The zero-order valence-corrected chi connectivity index (χ0v) is 11.7. The van der Waals surface area contributed by atoms with Gasteiger partial charge in [-0.2, -0.15) is 0 Å². The topological polar surface area (TPSA) is 107 Å². The summed E-state index contributed by atoms with van der Waals surface area (Å²) in [6.07, 6.45) is 3.79. The molecule has 21 heavy (non-hydrogen) atoms. The molecule has 1 saturated heterocycles. The fourth-order valence-corrected chi connectivity index (χ4v) is 4.57. The number of carboxylic acids is 1. The SMILES string of the molecule is O=C(O)[C@H]1[C@H]2CC[C@H](C2)[C@H]1C(=O)N1CCC[C@H]1C(=O)NO. The summed E-state index contributed by atoms with van der Waals surface area (Å²) in [5, 5.41) is 18.2. The number of hydroxylamine groups is 1. The summed E-state index contributed by atoms with van der Waals surface area (Å²) in [5.74, 6) is -2.61. The minimum atomic E-state index is -0.900. The third-order valence-electron chi connectivity index (χ3n) is 5.44. The van der Waals surface area contributed by atoms with E-state index in [-0.39, 0.29) is 17.7 Å². The van der Waals surface area contributed by atoms with E-state index in [4.69, 9.17) is 5.21 Å². The van der Waals surface area contributed by atoms with Gasteiger partial charge in [-0.15, -0.1) is 0 Å². The molecule has 2 saturated carbocycles. The molecule has 2 amide bonds. The van der Waals surface area contributed by atoms with E-state index < -0.39 is 29.8 Å². The molecule has 0 radical (unpaired) electrons. The van der Waals surface area contributed by atoms with Crippen molar-refractivity contribution in [3.8, 4) is 0 Å². The number of fused-ring (bicyclic) bond motifs is 2. The minimum Gasteiger partial charge on any atom is -0.481 e. The van der Waals surface area contributed by atoms with E-state index in [9.17, 15) is 19.5 Å². The fraction of sp³-hybridized carbons (Fsp3) is 0.786. The van der Waals surface area contributed by atoms with Crippen molar-refractivity contribution in [2.24, 2.45) is 23.7 Å². The predicted octanol–water partition coefficient (Wildman–Crippen LogP) is 0.230. The van der Waals surface area contributed by atoms with Crippen LogP contribution in [-0.4, -0.2) is 45.6 Å². The van der Waals surface area contributed by atoms with Gasteiger partial charge in [0.2, 0.25) is 5.91 Å². The lowest BCUT2D eigenvalue weighted by Crippen LogP contribution is -2.50. The number of aliphatic carboxylic acids is 1. The lowest BCUT2D eigenvalue weighted by atomic mass is 9.78. The summed E-state index contributed by atoms with van der Waals surface area (Å²) in [4.78, 5) is 37.4. The molecular formula is C14H20N2O5. The van der Waals surface area contributed by atoms with Crippen LogP contribution in [-0.2, 0) is 14.4 Å². The van der Waals surface area contributed by atoms with E-state index in [1.807, 2.05) is 0 Å². The van der Waals surface area contributed by atoms with Gasteiger partial charge >= 0.3 is 5.97 Å². The molecule has 1 heterocycles. The van der Waals surface area contributed by atoms with Crippen molar-refractivity contribution in [1.82, 2.24) is 10.4 Å². The molecule has 7 nitrogen and oxygen atoms in total. The van der Waals surface area contributed by atoms with Crippen LogP contribution in [0.3, 0.4) is 0 Å². The van der Waals surface area contributed by atoms with Crippen LogP contribution in [0.4, 0.5) is 0 Å². The second kappa shape index (κ2) is 5.29. The molecule has 0 spiro atoms. The molecular weight excluding hydrogens is 276 g/mol. The molecule has 0 aromatic heterocycles. The van der Waals surface area contributed by atoms with Gasteiger partial charge in [0.1, 0.15) is 6.04 Å². The zero-order chi connectivity index (χ0) is 15.1. The summed E-state index contributed by atoms with van der Waals surface area (Å²) >= 11 is 0. The van der Waals surface area contributed by atoms with E-state index in [2.05, 4.69) is 0 Å². The molecule has 3 N–H and O–H groups in total. The number of carbonyl (C=O) groups is 3. The maximum absolute atomic E-state index is 12.8. The van der Waals surface area contributed by atoms with Gasteiger partial charge in [-0.25, -0.2) is 5.48 Å². The van der Waals surface area contributed by atoms with Crippen molar-refractivity contribution in [1.29, 1.82) is 0 Å². The number of carbonyl (C=O) groups excluding carboxylic acids is 2. The quantitative estimate of drug-likeness (QED) is 0.510. The normalized spacial score (nSPS) is 37.8. The van der Waals surface area contributed by atoms with E-state index in [1.165, 1.54) is 4.90 Å². The fourth-order valence-electron chi connectivity index (χ4n) is 4.57. The molecule has 2 bridgehead atoms. The van der Waals surface area contributed by atoms with Gasteiger partial charge in [-0.1, -0.05) is 0 Å². The van der Waals surface area contributed by atoms with Crippen molar-refractivity contribution in [3.05, 3.63) is 0 Å². The van der Waals surface area contributed by atoms with Crippen LogP contribution in [0.25, 0.3) is 0 Å². The van der Waals surface area contributed by atoms with Crippen molar-refractivity contribution in [2.45, 2.75) is 38.1 Å². The Bertz CT molecular complexity index is 480. The van der Waals surface area contributed by atoms with E-state index in [1.54, 1.807) is 5.48 Å². The zero-order valence-electron chi connectivity index (χ0n) is 11.7. The van der Waals surface area contributed by atoms with Crippen LogP contribution in [0.15, 0.2) is 0 Å². The van der Waals surface area contributed by atoms with Gasteiger partial charge in [0.25, 0.3) is 5.91 Å². The first kappa shape index (κ1) is 14.3. The first-order valence-electron chi connectivity index (χ1n) is 7.51. The number of hydrogen-bond acceptors (Lipinski definition) is 4. The second-order valence-electron chi connectivity index (χ2n) is 6.39. The molecule has 2 aliphatic carbocycles. The Labute approximate surface area is 122 Å². The standard InChI is InChI=1S/C14H20N2O5/c17-12(15-21)9-2-1-5-16(9)13(18)10-7-3-4-8(6-7)11(10)14(19)20/h7-11,21H,1-6H2,(H,15,17)(H,19,20)/t7-,8+,9+,10-,11+/m1/s1. The molecule has 3 aliphatic rings. The Morgan fingerprint density at radius 1 is 1.05 bits per heavy atom. The molecule has 3 fully saturated rings. The Hall–Kier alpha value is -1.63. The summed E-state index contributed by atoms with van der Waals surface area (Å²) in [6.45, 7) is 0.456. The third-order valence-corrected chi connectivity index (χ3v) is 5.44. The first-order chi connectivity index (χ1) is 10.0. The van der Waals surface area contributed by atoms with Crippen LogP contribution < -0.4 is 5.48 Å². The lowest BCUT2D eigenvalue weighted by molar-refractivity contribution is -0.154. The van der Waals surface area contributed by atoms with Crippen LogP contribution in [0.2, 0.25) is 0 Å². The number of amides is 2. The maximum Gasteiger partial charge on any atom is 0.307 e. The van der Waals surface area contributed by atoms with Gasteiger partial charge in [0, 0.05) is 6.54 Å². The summed E-state index contributed by atoms with van der Waals surface area (Å²) in [5.41, 5.74) is 1.60. The highest BCUT2D eigenvalue weighted by atomic mass is 16.5. The van der Waals surface area contributed by atoms with E-state index in [0.29, 0.717) is 19.4 Å². The summed E-state index contributed by atoms with van der Waals surface area (Å²) in [6, 6.07) is -0.670. The largest absolute Gasteiger partial charge is 0.481 e. The lowest BCUT2D eigenvalue weighted by Gasteiger charge is -2.32. The van der Waals surface area contributed by atoms with Crippen LogP contribution in [0.5, 0.6) is 0 Å². The Morgan fingerprint density at radius 2 is 1.71 bits per heavy atom. The van der Waals surface area contributed by atoms with Gasteiger partial charge in [-0.05, 0) is 43.9 Å². The van der Waals surface area contributed by atoms with Crippen LogP contribution in [0, 0.1) is 23.7 Å². The van der Waals surface area contributed by atoms with Gasteiger partial charge in [0.15, 0.2) is 0 Å².